The standard InChI is InChI=1S/C25H32F2N2O3S/c1-15(2)8-17-4-5-25-21(11-17)22(6-7-33(25)32)28-14-24(31)23(29-16(3)30)12-18-9-19(26)13-20(27)10-18/h4-5,9-11,13,15,22-24,28,31H,6-8,12,14H2,1-3H3,(H,29,30). The van der Waals surface area contributed by atoms with Crippen molar-refractivity contribution in [3.8, 4) is 0 Å². The minimum Gasteiger partial charge on any atom is -0.390 e. The van der Waals surface area contributed by atoms with Gasteiger partial charge in [-0.05, 0) is 60.1 Å². The largest absolute Gasteiger partial charge is 0.390 e. The van der Waals surface area contributed by atoms with Crippen molar-refractivity contribution >= 4 is 16.7 Å². The van der Waals surface area contributed by atoms with Gasteiger partial charge < -0.3 is 15.7 Å². The molecule has 0 radical (unpaired) electrons. The molecule has 0 aromatic heterocycles. The predicted molar refractivity (Wildman–Crippen MR) is 125 cm³/mol. The first kappa shape index (κ1) is 25.5. The highest BCUT2D eigenvalue weighted by molar-refractivity contribution is 7.85. The number of nitrogens with one attached hydrogen (secondary N) is 2. The maximum Gasteiger partial charge on any atom is 0.217 e. The van der Waals surface area contributed by atoms with Gasteiger partial charge in [0.2, 0.25) is 5.91 Å². The molecule has 1 aliphatic rings. The van der Waals surface area contributed by atoms with E-state index in [1.807, 2.05) is 12.1 Å². The van der Waals surface area contributed by atoms with Crippen LogP contribution in [-0.2, 0) is 28.4 Å². The zero-order valence-corrected chi connectivity index (χ0v) is 20.1. The third-order valence-electron chi connectivity index (χ3n) is 5.74. The number of aliphatic hydroxyl groups is 1. The first-order valence-corrected chi connectivity index (χ1v) is 12.6. The summed E-state index contributed by atoms with van der Waals surface area (Å²) in [6.45, 7) is 5.79. The third-order valence-corrected chi connectivity index (χ3v) is 7.20. The number of hydrogen-bond donors (Lipinski definition) is 3. The number of amides is 1. The molecule has 8 heteroatoms. The highest BCUT2D eigenvalue weighted by Crippen LogP contribution is 2.31. The van der Waals surface area contributed by atoms with Crippen LogP contribution >= 0.6 is 0 Å². The lowest BCUT2D eigenvalue weighted by molar-refractivity contribution is -0.120. The van der Waals surface area contributed by atoms with Gasteiger partial charge in [-0.15, -0.1) is 0 Å². The fraction of sp³-hybridized carbons (Fsp3) is 0.480. The van der Waals surface area contributed by atoms with Crippen molar-refractivity contribution in [2.24, 2.45) is 5.92 Å². The molecular weight excluding hydrogens is 446 g/mol. The Bertz CT molecular complexity index is 995. The summed E-state index contributed by atoms with van der Waals surface area (Å²) in [5.74, 6) is -0.724. The van der Waals surface area contributed by atoms with Crippen molar-refractivity contribution in [3.05, 3.63) is 64.7 Å². The van der Waals surface area contributed by atoms with Crippen molar-refractivity contribution in [1.29, 1.82) is 0 Å². The summed E-state index contributed by atoms with van der Waals surface area (Å²) in [4.78, 5) is 12.5. The SMILES string of the molecule is CC(=O)NC(Cc1cc(F)cc(F)c1)C(O)CNC1CCS(=O)c2ccc(CC(C)C)cc21. The molecule has 3 N–H and O–H groups in total. The average Bonchev–Trinajstić information content (AvgIpc) is 2.71. The number of hydrogen-bond acceptors (Lipinski definition) is 4. The van der Waals surface area contributed by atoms with Crippen LogP contribution in [0.5, 0.6) is 0 Å². The average molecular weight is 479 g/mol. The third kappa shape index (κ3) is 7.16. The normalized spacial score (nSPS) is 19.7. The van der Waals surface area contributed by atoms with Crippen LogP contribution in [0.3, 0.4) is 0 Å². The summed E-state index contributed by atoms with van der Waals surface area (Å²) in [6, 6.07) is 8.43. The lowest BCUT2D eigenvalue weighted by atomic mass is 9.96. The number of benzene rings is 2. The first-order chi connectivity index (χ1) is 15.6. The van der Waals surface area contributed by atoms with Crippen molar-refractivity contribution in [3.63, 3.8) is 0 Å². The van der Waals surface area contributed by atoms with E-state index in [1.54, 1.807) is 0 Å². The molecule has 180 valence electrons. The fourth-order valence-corrected chi connectivity index (χ4v) is 5.66. The Morgan fingerprint density at radius 1 is 1.12 bits per heavy atom. The highest BCUT2D eigenvalue weighted by Gasteiger charge is 2.27. The monoisotopic (exact) mass is 478 g/mol. The Labute approximate surface area is 196 Å². The zero-order chi connectivity index (χ0) is 24.1. The van der Waals surface area contributed by atoms with E-state index < -0.39 is 34.6 Å². The van der Waals surface area contributed by atoms with Crippen LogP contribution in [0, 0.1) is 17.6 Å². The van der Waals surface area contributed by atoms with Crippen LogP contribution in [0.2, 0.25) is 0 Å². The summed E-state index contributed by atoms with van der Waals surface area (Å²) in [7, 11) is -1.05. The van der Waals surface area contributed by atoms with Gasteiger partial charge in [0.1, 0.15) is 11.6 Å². The van der Waals surface area contributed by atoms with Gasteiger partial charge in [-0.3, -0.25) is 9.00 Å². The second-order valence-corrected chi connectivity index (χ2v) is 10.7. The second-order valence-electron chi connectivity index (χ2n) is 9.13. The van der Waals surface area contributed by atoms with Crippen LogP contribution in [0.1, 0.15) is 49.9 Å². The van der Waals surface area contributed by atoms with Crippen LogP contribution in [0.25, 0.3) is 0 Å². The number of carbonyl (C=O) groups excluding carboxylic acids is 1. The molecule has 3 rings (SSSR count). The van der Waals surface area contributed by atoms with Crippen molar-refractivity contribution in [1.82, 2.24) is 10.6 Å². The topological polar surface area (TPSA) is 78.4 Å². The predicted octanol–water partition coefficient (Wildman–Crippen LogP) is 3.41. The summed E-state index contributed by atoms with van der Waals surface area (Å²) in [5.41, 5.74) is 2.51. The molecule has 0 aliphatic carbocycles. The summed E-state index contributed by atoms with van der Waals surface area (Å²) in [6.07, 6.45) is 0.678. The molecule has 0 bridgehead atoms. The van der Waals surface area contributed by atoms with Crippen LogP contribution in [-0.4, -0.2) is 39.7 Å². The smallest absolute Gasteiger partial charge is 0.217 e. The summed E-state index contributed by atoms with van der Waals surface area (Å²) < 4.78 is 39.7. The minimum atomic E-state index is -1.05. The van der Waals surface area contributed by atoms with E-state index in [9.17, 15) is 22.9 Å². The van der Waals surface area contributed by atoms with Crippen molar-refractivity contribution < 1.29 is 22.9 Å². The Hall–Kier alpha value is -2.16. The van der Waals surface area contributed by atoms with Gasteiger partial charge in [0.25, 0.3) is 0 Å². The number of halogens is 2. The Kier molecular flexibility index (Phi) is 8.73. The number of fused-ring (bicyclic) bond motifs is 1. The van der Waals surface area contributed by atoms with E-state index in [2.05, 4.69) is 30.5 Å². The van der Waals surface area contributed by atoms with Gasteiger partial charge in [0, 0.05) is 36.2 Å². The molecule has 0 spiro atoms. The zero-order valence-electron chi connectivity index (χ0n) is 19.2. The highest BCUT2D eigenvalue weighted by atomic mass is 32.2. The molecule has 1 amide bonds. The Morgan fingerprint density at radius 3 is 2.45 bits per heavy atom. The van der Waals surface area contributed by atoms with Crippen LogP contribution < -0.4 is 10.6 Å². The maximum absolute atomic E-state index is 13.6. The molecule has 33 heavy (non-hydrogen) atoms. The van der Waals surface area contributed by atoms with Crippen LogP contribution in [0.15, 0.2) is 41.3 Å². The first-order valence-electron chi connectivity index (χ1n) is 11.3. The fourth-order valence-electron chi connectivity index (χ4n) is 4.31. The van der Waals surface area contributed by atoms with Gasteiger partial charge in [0.05, 0.1) is 22.9 Å². The molecule has 2 aromatic carbocycles. The second kappa shape index (κ2) is 11.3. The molecule has 0 saturated carbocycles. The molecular formula is C25H32F2N2O3S. The van der Waals surface area contributed by atoms with E-state index in [0.717, 1.165) is 22.9 Å². The number of rotatable bonds is 9. The number of aliphatic hydroxyl groups excluding tert-OH is 1. The van der Waals surface area contributed by atoms with Gasteiger partial charge in [0.15, 0.2) is 0 Å². The number of carbonyl (C=O) groups is 1. The molecule has 1 heterocycles. The van der Waals surface area contributed by atoms with E-state index in [-0.39, 0.29) is 24.9 Å². The Morgan fingerprint density at radius 2 is 1.82 bits per heavy atom. The maximum atomic E-state index is 13.6. The van der Waals surface area contributed by atoms with Crippen molar-refractivity contribution in [2.75, 3.05) is 12.3 Å². The summed E-state index contributed by atoms with van der Waals surface area (Å²) >= 11 is 0. The molecule has 4 unspecified atom stereocenters. The quantitative estimate of drug-likeness (QED) is 0.516. The van der Waals surface area contributed by atoms with E-state index in [4.69, 9.17) is 0 Å². The minimum absolute atomic E-state index is 0.0796. The van der Waals surface area contributed by atoms with Crippen molar-refractivity contribution in [2.45, 2.75) is 63.1 Å². The lowest BCUT2D eigenvalue weighted by Crippen LogP contribution is -2.48. The van der Waals surface area contributed by atoms with Crippen LogP contribution in [0.4, 0.5) is 8.78 Å². The summed E-state index contributed by atoms with van der Waals surface area (Å²) in [5, 5.41) is 16.9. The van der Waals surface area contributed by atoms with Gasteiger partial charge in [-0.25, -0.2) is 8.78 Å². The van der Waals surface area contributed by atoms with E-state index in [0.29, 0.717) is 23.7 Å². The molecule has 0 fully saturated rings. The Balaban J connectivity index is 1.73. The lowest BCUT2D eigenvalue weighted by Gasteiger charge is -2.30. The van der Waals surface area contributed by atoms with Gasteiger partial charge in [-0.1, -0.05) is 26.0 Å². The van der Waals surface area contributed by atoms with Gasteiger partial charge in [-0.2, -0.15) is 0 Å². The molecule has 4 atom stereocenters. The van der Waals surface area contributed by atoms with E-state index >= 15 is 0 Å². The molecule has 1 aliphatic heterocycles. The molecule has 2 aromatic rings. The molecule has 0 saturated heterocycles. The van der Waals surface area contributed by atoms with Gasteiger partial charge >= 0.3 is 0 Å². The van der Waals surface area contributed by atoms with E-state index in [1.165, 1.54) is 24.6 Å². The molecule has 5 nitrogen and oxygen atoms in total.